The average molecular weight is 224 g/mol. The standard InChI is InChI=1S/C10H12N2O4/c1-6(10(15)16)11-9(14)7-4-3-5-8(13)12(7)2/h3-6H,1-2H3,(H,11,14)(H,15,16). The molecule has 0 radical (unpaired) electrons. The minimum atomic E-state index is -1.13. The molecule has 16 heavy (non-hydrogen) atoms. The second kappa shape index (κ2) is 4.61. The van der Waals surface area contributed by atoms with Crippen molar-refractivity contribution in [1.82, 2.24) is 9.88 Å². The lowest BCUT2D eigenvalue weighted by molar-refractivity contribution is -0.138. The van der Waals surface area contributed by atoms with E-state index in [1.54, 1.807) is 0 Å². The number of carbonyl (C=O) groups excluding carboxylic acids is 1. The maximum atomic E-state index is 11.6. The van der Waals surface area contributed by atoms with Crippen LogP contribution >= 0.6 is 0 Å². The molecule has 1 atom stereocenters. The van der Waals surface area contributed by atoms with Crippen molar-refractivity contribution >= 4 is 11.9 Å². The molecule has 0 aromatic carbocycles. The first kappa shape index (κ1) is 12.0. The smallest absolute Gasteiger partial charge is 0.325 e. The van der Waals surface area contributed by atoms with Gasteiger partial charge in [-0.05, 0) is 13.0 Å². The molecule has 1 unspecified atom stereocenters. The Morgan fingerprint density at radius 2 is 2.06 bits per heavy atom. The van der Waals surface area contributed by atoms with Crippen molar-refractivity contribution in [3.05, 3.63) is 34.2 Å². The molecule has 0 aliphatic rings. The molecule has 86 valence electrons. The van der Waals surface area contributed by atoms with Gasteiger partial charge in [0.2, 0.25) is 0 Å². The van der Waals surface area contributed by atoms with Crippen molar-refractivity contribution in [1.29, 1.82) is 0 Å². The van der Waals surface area contributed by atoms with Crippen LogP contribution in [-0.2, 0) is 11.8 Å². The minimum absolute atomic E-state index is 0.126. The van der Waals surface area contributed by atoms with E-state index in [2.05, 4.69) is 5.32 Å². The number of pyridine rings is 1. The molecule has 1 aromatic heterocycles. The fourth-order valence-corrected chi connectivity index (χ4v) is 1.12. The molecule has 0 aliphatic carbocycles. The first-order chi connectivity index (χ1) is 7.43. The number of amides is 1. The highest BCUT2D eigenvalue weighted by molar-refractivity contribution is 5.95. The van der Waals surface area contributed by atoms with Crippen LogP contribution in [0.4, 0.5) is 0 Å². The van der Waals surface area contributed by atoms with Gasteiger partial charge in [0.25, 0.3) is 11.5 Å². The van der Waals surface area contributed by atoms with Gasteiger partial charge in [-0.2, -0.15) is 0 Å². The number of nitrogens with one attached hydrogen (secondary N) is 1. The first-order valence-corrected chi connectivity index (χ1v) is 4.63. The van der Waals surface area contributed by atoms with Gasteiger partial charge in [0.1, 0.15) is 11.7 Å². The summed E-state index contributed by atoms with van der Waals surface area (Å²) in [6.07, 6.45) is 0. The van der Waals surface area contributed by atoms with Gasteiger partial charge < -0.3 is 15.0 Å². The molecule has 0 fully saturated rings. The maximum Gasteiger partial charge on any atom is 0.325 e. The number of carbonyl (C=O) groups is 2. The molecular weight excluding hydrogens is 212 g/mol. The third kappa shape index (κ3) is 2.47. The van der Waals surface area contributed by atoms with Crippen LogP contribution in [0.1, 0.15) is 17.4 Å². The Bertz CT molecular complexity index is 478. The summed E-state index contributed by atoms with van der Waals surface area (Å²) in [7, 11) is 1.45. The zero-order valence-corrected chi connectivity index (χ0v) is 8.93. The van der Waals surface area contributed by atoms with Crippen molar-refractivity contribution in [2.24, 2.45) is 7.05 Å². The highest BCUT2D eigenvalue weighted by Crippen LogP contribution is 1.95. The van der Waals surface area contributed by atoms with Crippen LogP contribution in [0.2, 0.25) is 0 Å². The molecule has 1 heterocycles. The number of rotatable bonds is 3. The van der Waals surface area contributed by atoms with Crippen LogP contribution in [0.25, 0.3) is 0 Å². The summed E-state index contributed by atoms with van der Waals surface area (Å²) in [6, 6.07) is 3.22. The van der Waals surface area contributed by atoms with E-state index in [-0.39, 0.29) is 11.3 Å². The molecule has 2 N–H and O–H groups in total. The van der Waals surface area contributed by atoms with Crippen molar-refractivity contribution in [3.8, 4) is 0 Å². The molecule has 1 amide bonds. The number of hydrogen-bond donors (Lipinski definition) is 2. The van der Waals surface area contributed by atoms with Gasteiger partial charge in [-0.1, -0.05) is 6.07 Å². The normalized spacial score (nSPS) is 11.9. The Morgan fingerprint density at radius 3 is 2.62 bits per heavy atom. The molecule has 0 saturated carbocycles. The van der Waals surface area contributed by atoms with Crippen LogP contribution in [0, 0.1) is 0 Å². The number of aromatic nitrogens is 1. The van der Waals surface area contributed by atoms with Gasteiger partial charge in [-0.3, -0.25) is 14.4 Å². The third-order valence-corrected chi connectivity index (χ3v) is 2.14. The van der Waals surface area contributed by atoms with Crippen molar-refractivity contribution in [2.45, 2.75) is 13.0 Å². The zero-order valence-electron chi connectivity index (χ0n) is 8.93. The Balaban J connectivity index is 2.94. The van der Waals surface area contributed by atoms with Crippen molar-refractivity contribution in [2.75, 3.05) is 0 Å². The Labute approximate surface area is 91.5 Å². The van der Waals surface area contributed by atoms with E-state index in [0.717, 1.165) is 4.57 Å². The number of hydrogen-bond acceptors (Lipinski definition) is 3. The van der Waals surface area contributed by atoms with Crippen molar-refractivity contribution < 1.29 is 14.7 Å². The number of nitrogens with zero attached hydrogens (tertiary/aromatic N) is 1. The van der Waals surface area contributed by atoms with Crippen LogP contribution in [0.5, 0.6) is 0 Å². The average Bonchev–Trinajstić information content (AvgIpc) is 2.21. The van der Waals surface area contributed by atoms with E-state index in [9.17, 15) is 14.4 Å². The highest BCUT2D eigenvalue weighted by Gasteiger charge is 2.16. The Morgan fingerprint density at radius 1 is 1.44 bits per heavy atom. The van der Waals surface area contributed by atoms with Gasteiger partial charge in [0.05, 0.1) is 0 Å². The summed E-state index contributed by atoms with van der Waals surface area (Å²) in [4.78, 5) is 33.4. The van der Waals surface area contributed by atoms with Crippen molar-refractivity contribution in [3.63, 3.8) is 0 Å². The lowest BCUT2D eigenvalue weighted by Gasteiger charge is -2.11. The van der Waals surface area contributed by atoms with Gasteiger partial charge in [0.15, 0.2) is 0 Å². The number of carboxylic acid groups (broad SMARTS) is 1. The molecule has 1 aromatic rings. The van der Waals surface area contributed by atoms with Gasteiger partial charge in [-0.15, -0.1) is 0 Å². The van der Waals surface area contributed by atoms with Gasteiger partial charge >= 0.3 is 5.97 Å². The Kier molecular flexibility index (Phi) is 3.44. The van der Waals surface area contributed by atoms with Crippen LogP contribution in [0.15, 0.2) is 23.0 Å². The highest BCUT2D eigenvalue weighted by atomic mass is 16.4. The predicted molar refractivity (Wildman–Crippen MR) is 56.2 cm³/mol. The van der Waals surface area contributed by atoms with Crippen LogP contribution in [0.3, 0.4) is 0 Å². The van der Waals surface area contributed by atoms with Gasteiger partial charge in [0, 0.05) is 13.1 Å². The summed E-state index contributed by atoms with van der Waals surface area (Å²) < 4.78 is 1.16. The van der Waals surface area contributed by atoms with E-state index in [1.165, 1.54) is 32.2 Å². The predicted octanol–water partition coefficient (Wildman–Crippen LogP) is -0.412. The SMILES string of the molecule is CC(NC(=O)c1cccc(=O)n1C)C(=O)O. The fourth-order valence-electron chi connectivity index (χ4n) is 1.12. The summed E-state index contributed by atoms with van der Waals surface area (Å²) in [6.45, 7) is 1.35. The van der Waals surface area contributed by atoms with E-state index < -0.39 is 17.9 Å². The van der Waals surface area contributed by atoms with E-state index in [4.69, 9.17) is 5.11 Å². The fraction of sp³-hybridized carbons (Fsp3) is 0.300. The molecular formula is C10H12N2O4. The second-order valence-electron chi connectivity index (χ2n) is 3.34. The zero-order chi connectivity index (χ0) is 12.3. The largest absolute Gasteiger partial charge is 0.480 e. The molecule has 1 rings (SSSR count). The van der Waals surface area contributed by atoms with E-state index in [1.807, 2.05) is 0 Å². The van der Waals surface area contributed by atoms with E-state index in [0.29, 0.717) is 0 Å². The Hall–Kier alpha value is -2.11. The molecule has 0 bridgehead atoms. The van der Waals surface area contributed by atoms with Crippen LogP contribution in [-0.4, -0.2) is 27.6 Å². The second-order valence-corrected chi connectivity index (χ2v) is 3.34. The summed E-state index contributed by atoms with van der Waals surface area (Å²) in [5.41, 5.74) is -0.198. The van der Waals surface area contributed by atoms with E-state index >= 15 is 0 Å². The lowest BCUT2D eigenvalue weighted by Crippen LogP contribution is -2.40. The number of carboxylic acids is 1. The summed E-state index contributed by atoms with van der Waals surface area (Å²) in [5, 5.41) is 10.9. The topological polar surface area (TPSA) is 88.4 Å². The first-order valence-electron chi connectivity index (χ1n) is 4.63. The van der Waals surface area contributed by atoms with Crippen LogP contribution < -0.4 is 10.9 Å². The lowest BCUT2D eigenvalue weighted by atomic mass is 10.3. The third-order valence-electron chi connectivity index (χ3n) is 2.14. The monoisotopic (exact) mass is 224 g/mol. The molecule has 0 spiro atoms. The summed E-state index contributed by atoms with van der Waals surface area (Å²) >= 11 is 0. The minimum Gasteiger partial charge on any atom is -0.480 e. The molecule has 6 heteroatoms. The molecule has 0 aliphatic heterocycles. The van der Waals surface area contributed by atoms with Gasteiger partial charge in [-0.25, -0.2) is 0 Å². The molecule has 0 saturated heterocycles. The molecule has 6 nitrogen and oxygen atoms in total. The number of aliphatic carboxylic acids is 1. The summed E-state index contributed by atoms with van der Waals surface area (Å²) in [5.74, 6) is -1.72. The quantitative estimate of drug-likeness (QED) is 0.730. The maximum absolute atomic E-state index is 11.6.